The van der Waals surface area contributed by atoms with Crippen LogP contribution in [0.4, 0.5) is 0 Å². The normalized spacial score (nSPS) is 14.1. The smallest absolute Gasteiger partial charge is 0.316 e. The zero-order valence-corrected chi connectivity index (χ0v) is 76.6. The first-order chi connectivity index (χ1) is 54.6. The molecule has 6 aromatic rings. The van der Waals surface area contributed by atoms with Gasteiger partial charge in [0, 0.05) is 143 Å². The second kappa shape index (κ2) is 41.7. The number of carbonyl (C=O) groups is 11. The summed E-state index contributed by atoms with van der Waals surface area (Å²) in [4.78, 5) is 161. The van der Waals surface area contributed by atoms with Crippen LogP contribution in [0.25, 0.3) is 17.1 Å². The SMILES string of the molecule is CC(C)(C)C(=O)Cl.COc1ccc(-n2c(C(=O)N(C)C)c(O)c(O)c2C(=O)N2CCN(C)CC2)cc1.COc1ccc(-n2c(C(=O)N(C)C)c(OC(=O)C(C)(C)C)c(OC(=O)C(C)(C)C)c2C(=O)N2CCN(C)CC2)cc1.COc1ccc(-n2c(C(=O)N(C)C)c(OC(=O)C(C)(C)C)c(OC(=O)C(C)(C)C)c2C(=O)N2CCN(C)CC2)cc1.Cl.Cl. The zero-order valence-electron chi connectivity index (χ0n) is 74.2. The molecule has 2 N–H and O–H groups in total. The minimum Gasteiger partial charge on any atom is -0.503 e. The molecule has 0 bridgehead atoms. The number of halogens is 3. The van der Waals surface area contributed by atoms with Crippen LogP contribution in [0.5, 0.6) is 51.7 Å². The van der Waals surface area contributed by atoms with E-state index >= 15 is 0 Å². The lowest BCUT2D eigenvalue weighted by Gasteiger charge is -2.32. The van der Waals surface area contributed by atoms with Gasteiger partial charge >= 0.3 is 23.9 Å². The van der Waals surface area contributed by atoms with Crippen LogP contribution in [0.1, 0.15) is 167 Å². The van der Waals surface area contributed by atoms with E-state index in [-0.39, 0.29) is 92.6 Å². The number of methoxy groups -OCH3 is 3. The number of piperazine rings is 3. The fourth-order valence-electron chi connectivity index (χ4n) is 11.2. The molecule has 3 aliphatic heterocycles. The van der Waals surface area contributed by atoms with Crippen LogP contribution >= 0.6 is 36.4 Å². The molecule has 3 aromatic carbocycles. The van der Waals surface area contributed by atoms with Crippen molar-refractivity contribution in [3.05, 3.63) is 107 Å². The Morgan fingerprint density at radius 3 is 0.708 bits per heavy atom. The highest BCUT2D eigenvalue weighted by molar-refractivity contribution is 6.64. The Bertz CT molecular complexity index is 4440. The molecule has 0 radical (unpaired) electrons. The molecular weight excluding hydrogens is 1620 g/mol. The number of hydrogen-bond donors (Lipinski definition) is 2. The van der Waals surface area contributed by atoms with E-state index in [9.17, 15) is 63.0 Å². The first-order valence-electron chi connectivity index (χ1n) is 38.5. The van der Waals surface area contributed by atoms with Gasteiger partial charge in [-0.05, 0) is 189 Å². The maximum atomic E-state index is 14.3. The number of likely N-dealkylation sites (N-methyl/N-ethyl adjacent to an activating group) is 3. The fraction of sp³-hybridized carbons (Fsp3) is 0.518. The van der Waals surface area contributed by atoms with Gasteiger partial charge < -0.3 is 87.5 Å². The number of benzene rings is 3. The zero-order chi connectivity index (χ0) is 89.1. The molecule has 35 heteroatoms. The van der Waals surface area contributed by atoms with Crippen LogP contribution in [0.2, 0.25) is 0 Å². The molecule has 3 fully saturated rings. The van der Waals surface area contributed by atoms with Crippen molar-refractivity contribution in [2.75, 3.05) is 163 Å². The van der Waals surface area contributed by atoms with Gasteiger partial charge in [0.05, 0.1) is 43.0 Å². The molecule has 6 heterocycles. The molecule has 0 unspecified atom stereocenters. The van der Waals surface area contributed by atoms with Gasteiger partial charge in [-0.1, -0.05) is 20.8 Å². The monoisotopic (exact) mass is 1730 g/mol. The van der Waals surface area contributed by atoms with E-state index in [0.717, 1.165) is 0 Å². The van der Waals surface area contributed by atoms with Gasteiger partial charge in [0.2, 0.25) is 28.2 Å². The van der Waals surface area contributed by atoms with Crippen LogP contribution in [0.3, 0.4) is 0 Å². The minimum absolute atomic E-state index is 0. The van der Waals surface area contributed by atoms with Gasteiger partial charge in [-0.15, -0.1) is 24.8 Å². The molecule has 0 spiro atoms. The lowest BCUT2D eigenvalue weighted by atomic mass is 9.97. The standard InChI is InChI=1S/2C30H42N4O7.C20H26N4O5.C5H9ClO.2ClH/c2*1-29(2,3)27(37)40-23-21(25(35)31(7)8)34(19-11-13-20(39-10)14-12-19)22(24(23)41-28(38)30(4,5)6)26(36)33-17-15-32(9)16-18-33;1-21(2)19(27)15-17(25)18(26)16(20(28)23-11-9-22(3)10-12-23)24(15)13-5-7-14(29-4)8-6-13;1-5(2,3)4(6)7;;/h2*11-14H,15-18H2,1-10H3;5-8,25-26H,9-12H2,1-4H3;1-3H3;2*1H. The van der Waals surface area contributed by atoms with Crippen molar-refractivity contribution in [1.29, 1.82) is 0 Å². The number of aromatic nitrogens is 3. The number of esters is 4. The van der Waals surface area contributed by atoms with E-state index in [1.165, 1.54) is 63.8 Å². The summed E-state index contributed by atoms with van der Waals surface area (Å²) in [5, 5.41) is 20.9. The first kappa shape index (κ1) is 102. The summed E-state index contributed by atoms with van der Waals surface area (Å²) in [6.45, 7) is 32.0. The third-order valence-electron chi connectivity index (χ3n) is 18.9. The van der Waals surface area contributed by atoms with Gasteiger partial charge in [-0.25, -0.2) is 0 Å². The summed E-state index contributed by atoms with van der Waals surface area (Å²) in [7, 11) is 19.8. The highest BCUT2D eigenvalue weighted by Gasteiger charge is 2.45. The van der Waals surface area contributed by atoms with Crippen LogP contribution in [-0.2, 0) is 24.0 Å². The molecular formula is C85H121Cl3N12O20. The third kappa shape index (κ3) is 24.9. The molecule has 662 valence electrons. The van der Waals surface area contributed by atoms with Crippen molar-refractivity contribution in [1.82, 2.24) is 57.8 Å². The Kier molecular flexibility index (Phi) is 35.5. The number of rotatable bonds is 16. The van der Waals surface area contributed by atoms with Gasteiger partial charge in [0.15, 0.2) is 45.7 Å². The van der Waals surface area contributed by atoms with Gasteiger partial charge in [-0.2, -0.15) is 0 Å². The van der Waals surface area contributed by atoms with E-state index in [1.807, 2.05) is 21.1 Å². The molecule has 3 saturated heterocycles. The van der Waals surface area contributed by atoms with Gasteiger partial charge in [-0.3, -0.25) is 66.4 Å². The molecule has 6 amide bonds. The van der Waals surface area contributed by atoms with Crippen LogP contribution < -0.4 is 33.2 Å². The molecule has 3 aliphatic rings. The molecule has 0 saturated carbocycles. The van der Waals surface area contributed by atoms with Crippen LogP contribution in [0.15, 0.2) is 72.8 Å². The topological polar surface area (TPSA) is 337 Å². The van der Waals surface area contributed by atoms with Crippen molar-refractivity contribution in [3.63, 3.8) is 0 Å². The van der Waals surface area contributed by atoms with Gasteiger partial charge in [0.1, 0.15) is 17.2 Å². The van der Waals surface area contributed by atoms with Crippen molar-refractivity contribution in [2.24, 2.45) is 27.1 Å². The maximum absolute atomic E-state index is 14.3. The highest BCUT2D eigenvalue weighted by atomic mass is 35.5. The number of ether oxygens (including phenoxy) is 7. The summed E-state index contributed by atoms with van der Waals surface area (Å²) in [6.07, 6.45) is 0. The molecule has 120 heavy (non-hydrogen) atoms. The Labute approximate surface area is 721 Å². The average Bonchev–Trinajstić information content (AvgIpc) is 1.60. The number of hydrogen-bond acceptors (Lipinski definition) is 23. The predicted octanol–water partition coefficient (Wildman–Crippen LogP) is 10.6. The van der Waals surface area contributed by atoms with Gasteiger partial charge in [0.25, 0.3) is 35.4 Å². The lowest BCUT2D eigenvalue weighted by molar-refractivity contribution is -0.145. The Hall–Kier alpha value is -10.4. The Morgan fingerprint density at radius 1 is 0.317 bits per heavy atom. The number of nitrogens with zero attached hydrogens (tertiary/aromatic N) is 12. The highest BCUT2D eigenvalue weighted by Crippen LogP contribution is 2.47. The second-order valence-electron chi connectivity index (χ2n) is 34.7. The van der Waals surface area contributed by atoms with E-state index in [1.54, 1.807) is 220 Å². The second-order valence-corrected chi connectivity index (χ2v) is 35.0. The minimum atomic E-state index is -0.965. The van der Waals surface area contributed by atoms with E-state index in [2.05, 4.69) is 14.7 Å². The third-order valence-corrected chi connectivity index (χ3v) is 19.5. The summed E-state index contributed by atoms with van der Waals surface area (Å²) < 4.78 is 43.5. The van der Waals surface area contributed by atoms with Crippen molar-refractivity contribution in [2.45, 2.75) is 104 Å². The summed E-state index contributed by atoms with van der Waals surface area (Å²) in [5.74, 6) is -6.25. The fourth-order valence-corrected chi connectivity index (χ4v) is 11.2. The summed E-state index contributed by atoms with van der Waals surface area (Å²) in [5.41, 5.74) is -3.66. The molecule has 0 aliphatic carbocycles. The number of aromatic hydroxyl groups is 2. The molecule has 3 aromatic heterocycles. The lowest BCUT2D eigenvalue weighted by Crippen LogP contribution is -2.47. The van der Waals surface area contributed by atoms with E-state index in [4.69, 9.17) is 44.8 Å². The quantitative estimate of drug-likeness (QED) is 0.0671. The average molecular weight is 1740 g/mol. The van der Waals surface area contributed by atoms with Crippen molar-refractivity contribution >= 4 is 101 Å². The Balaban J connectivity index is 0.000000365. The largest absolute Gasteiger partial charge is 0.503 e. The van der Waals surface area contributed by atoms with E-state index in [0.29, 0.717) is 113 Å². The van der Waals surface area contributed by atoms with Crippen molar-refractivity contribution in [3.8, 4) is 68.8 Å². The molecule has 0 atom stereocenters. The maximum Gasteiger partial charge on any atom is 0.316 e. The predicted molar refractivity (Wildman–Crippen MR) is 460 cm³/mol. The van der Waals surface area contributed by atoms with Crippen molar-refractivity contribution < 1.29 is 96.1 Å². The first-order valence-corrected chi connectivity index (χ1v) is 38.9. The molecule has 9 rings (SSSR count). The van der Waals surface area contributed by atoms with Crippen LogP contribution in [-0.4, -0.2) is 296 Å². The summed E-state index contributed by atoms with van der Waals surface area (Å²) >= 11 is 5.11. The molecule has 32 nitrogen and oxygen atoms in total. The number of carbonyl (C=O) groups excluding carboxylic acids is 11. The Morgan fingerprint density at radius 2 is 0.508 bits per heavy atom. The van der Waals surface area contributed by atoms with E-state index < -0.39 is 92.5 Å². The summed E-state index contributed by atoms with van der Waals surface area (Å²) in [6, 6.07) is 20.1. The number of amides is 6. The van der Waals surface area contributed by atoms with Crippen LogP contribution in [0, 0.1) is 27.1 Å².